The standard InChI is InChI=1S/C10H9N3O2/c1-5-12-8-4-6(9(11)14)2-3-7(8)10(15)13-5/h2-4H,1H3,(H2,11,14)(H,12,13,15). The number of carbonyl (C=O) groups is 1. The van der Waals surface area contributed by atoms with Crippen LogP contribution in [0.1, 0.15) is 16.2 Å². The maximum atomic E-state index is 11.5. The molecule has 0 saturated carbocycles. The van der Waals surface area contributed by atoms with Gasteiger partial charge in [0.2, 0.25) is 5.91 Å². The zero-order valence-corrected chi connectivity index (χ0v) is 8.07. The number of nitrogens with two attached hydrogens (primary N) is 1. The van der Waals surface area contributed by atoms with Crippen LogP contribution in [-0.2, 0) is 0 Å². The predicted molar refractivity (Wildman–Crippen MR) is 55.6 cm³/mol. The van der Waals surface area contributed by atoms with E-state index in [9.17, 15) is 9.59 Å². The third kappa shape index (κ3) is 1.59. The summed E-state index contributed by atoms with van der Waals surface area (Å²) in [5.74, 6) is -0.0224. The van der Waals surface area contributed by atoms with E-state index in [1.807, 2.05) is 0 Å². The molecule has 0 spiro atoms. The fourth-order valence-corrected chi connectivity index (χ4v) is 1.41. The van der Waals surface area contributed by atoms with Crippen molar-refractivity contribution in [2.24, 2.45) is 5.73 Å². The molecule has 2 aromatic rings. The number of aromatic amines is 1. The zero-order valence-electron chi connectivity index (χ0n) is 8.07. The van der Waals surface area contributed by atoms with Gasteiger partial charge in [0.05, 0.1) is 10.9 Å². The smallest absolute Gasteiger partial charge is 0.258 e. The van der Waals surface area contributed by atoms with E-state index in [0.717, 1.165) is 0 Å². The number of rotatable bonds is 1. The van der Waals surface area contributed by atoms with Crippen LogP contribution in [0.15, 0.2) is 23.0 Å². The Labute approximate surface area is 84.9 Å². The molecule has 0 aliphatic heterocycles. The summed E-state index contributed by atoms with van der Waals surface area (Å²) in [5.41, 5.74) is 5.74. The second-order valence-corrected chi connectivity index (χ2v) is 3.25. The van der Waals surface area contributed by atoms with Gasteiger partial charge in [-0.05, 0) is 25.1 Å². The molecule has 1 heterocycles. The van der Waals surface area contributed by atoms with E-state index in [1.54, 1.807) is 13.0 Å². The molecule has 1 aromatic heterocycles. The Kier molecular flexibility index (Phi) is 2.00. The van der Waals surface area contributed by atoms with Gasteiger partial charge in [-0.25, -0.2) is 4.98 Å². The highest BCUT2D eigenvalue weighted by atomic mass is 16.1. The molecule has 15 heavy (non-hydrogen) atoms. The monoisotopic (exact) mass is 203 g/mol. The van der Waals surface area contributed by atoms with Gasteiger partial charge in [0, 0.05) is 5.56 Å². The van der Waals surface area contributed by atoms with Gasteiger partial charge < -0.3 is 10.7 Å². The van der Waals surface area contributed by atoms with Crippen LogP contribution in [0.4, 0.5) is 0 Å². The van der Waals surface area contributed by atoms with Crippen molar-refractivity contribution in [1.82, 2.24) is 9.97 Å². The number of nitrogens with zero attached hydrogens (tertiary/aromatic N) is 1. The first kappa shape index (κ1) is 9.39. The normalized spacial score (nSPS) is 10.5. The first-order valence-electron chi connectivity index (χ1n) is 4.38. The minimum atomic E-state index is -0.531. The maximum Gasteiger partial charge on any atom is 0.258 e. The van der Waals surface area contributed by atoms with Gasteiger partial charge in [0.1, 0.15) is 5.82 Å². The lowest BCUT2D eigenvalue weighted by molar-refractivity contribution is 0.100. The summed E-state index contributed by atoms with van der Waals surface area (Å²) >= 11 is 0. The van der Waals surface area contributed by atoms with Crippen LogP contribution in [0.5, 0.6) is 0 Å². The number of nitrogens with one attached hydrogen (secondary N) is 1. The van der Waals surface area contributed by atoms with Crippen LogP contribution in [0.25, 0.3) is 10.9 Å². The third-order valence-corrected chi connectivity index (χ3v) is 2.11. The molecule has 0 unspecified atom stereocenters. The van der Waals surface area contributed by atoms with E-state index in [2.05, 4.69) is 9.97 Å². The molecule has 5 nitrogen and oxygen atoms in total. The Morgan fingerprint density at radius 1 is 1.47 bits per heavy atom. The first-order chi connectivity index (χ1) is 7.08. The SMILES string of the molecule is Cc1nc2cc(C(N)=O)ccc2c(=O)[nH]1. The zero-order chi connectivity index (χ0) is 11.0. The van der Waals surface area contributed by atoms with E-state index in [4.69, 9.17) is 5.73 Å². The van der Waals surface area contributed by atoms with Crippen LogP contribution in [-0.4, -0.2) is 15.9 Å². The van der Waals surface area contributed by atoms with E-state index >= 15 is 0 Å². The van der Waals surface area contributed by atoms with Gasteiger partial charge in [-0.2, -0.15) is 0 Å². The van der Waals surface area contributed by atoms with Crippen molar-refractivity contribution in [3.8, 4) is 0 Å². The molecule has 1 aromatic carbocycles. The Hall–Kier alpha value is -2.17. The Balaban J connectivity index is 2.82. The highest BCUT2D eigenvalue weighted by Gasteiger charge is 2.05. The molecule has 1 amide bonds. The van der Waals surface area contributed by atoms with Crippen molar-refractivity contribution < 1.29 is 4.79 Å². The van der Waals surface area contributed by atoms with Crippen LogP contribution >= 0.6 is 0 Å². The molecule has 0 aliphatic carbocycles. The molecule has 0 saturated heterocycles. The number of hydrogen-bond acceptors (Lipinski definition) is 3. The number of H-pyrrole nitrogens is 1. The molecule has 0 aliphatic rings. The Bertz CT molecular complexity index is 601. The summed E-state index contributed by atoms with van der Waals surface area (Å²) in [6.45, 7) is 1.68. The van der Waals surface area contributed by atoms with Crippen molar-refractivity contribution in [2.75, 3.05) is 0 Å². The number of primary amides is 1. The molecule has 0 radical (unpaired) electrons. The highest BCUT2D eigenvalue weighted by Crippen LogP contribution is 2.09. The minimum Gasteiger partial charge on any atom is -0.366 e. The Morgan fingerprint density at radius 3 is 2.87 bits per heavy atom. The molecular formula is C10H9N3O2. The van der Waals surface area contributed by atoms with E-state index in [-0.39, 0.29) is 5.56 Å². The number of amides is 1. The van der Waals surface area contributed by atoms with Crippen molar-refractivity contribution in [3.05, 3.63) is 39.9 Å². The second-order valence-electron chi connectivity index (χ2n) is 3.25. The van der Waals surface area contributed by atoms with Crippen LogP contribution in [0.2, 0.25) is 0 Å². The quantitative estimate of drug-likeness (QED) is 0.699. The van der Waals surface area contributed by atoms with E-state index in [1.165, 1.54) is 12.1 Å². The lowest BCUT2D eigenvalue weighted by Crippen LogP contribution is -2.13. The summed E-state index contributed by atoms with van der Waals surface area (Å²) in [4.78, 5) is 29.1. The average molecular weight is 203 g/mol. The first-order valence-corrected chi connectivity index (χ1v) is 4.38. The molecule has 0 bridgehead atoms. The summed E-state index contributed by atoms with van der Waals surface area (Å²) in [7, 11) is 0. The number of hydrogen-bond donors (Lipinski definition) is 2. The number of benzene rings is 1. The summed E-state index contributed by atoms with van der Waals surface area (Å²) in [5, 5.41) is 0.450. The fraction of sp³-hybridized carbons (Fsp3) is 0.100. The highest BCUT2D eigenvalue weighted by molar-refractivity contribution is 5.96. The second kappa shape index (κ2) is 3.20. The van der Waals surface area contributed by atoms with Crippen molar-refractivity contribution in [1.29, 1.82) is 0 Å². The lowest BCUT2D eigenvalue weighted by Gasteiger charge is -2.00. The summed E-state index contributed by atoms with van der Waals surface area (Å²) in [6.07, 6.45) is 0. The Morgan fingerprint density at radius 2 is 2.20 bits per heavy atom. The van der Waals surface area contributed by atoms with Crippen molar-refractivity contribution >= 4 is 16.8 Å². The van der Waals surface area contributed by atoms with Gasteiger partial charge in [0.25, 0.3) is 5.56 Å². The topological polar surface area (TPSA) is 88.8 Å². The van der Waals surface area contributed by atoms with Gasteiger partial charge >= 0.3 is 0 Å². The number of aryl methyl sites for hydroxylation is 1. The number of carbonyl (C=O) groups excluding carboxylic acids is 1. The van der Waals surface area contributed by atoms with Crippen molar-refractivity contribution in [2.45, 2.75) is 6.92 Å². The fourth-order valence-electron chi connectivity index (χ4n) is 1.41. The van der Waals surface area contributed by atoms with Crippen LogP contribution < -0.4 is 11.3 Å². The summed E-state index contributed by atoms with van der Waals surface area (Å²) in [6, 6.07) is 4.57. The third-order valence-electron chi connectivity index (χ3n) is 2.11. The summed E-state index contributed by atoms with van der Waals surface area (Å²) < 4.78 is 0. The predicted octanol–water partition coefficient (Wildman–Crippen LogP) is 0.330. The lowest BCUT2D eigenvalue weighted by atomic mass is 10.1. The maximum absolute atomic E-state index is 11.5. The van der Waals surface area contributed by atoms with Gasteiger partial charge in [-0.15, -0.1) is 0 Å². The van der Waals surface area contributed by atoms with Gasteiger partial charge in [-0.1, -0.05) is 0 Å². The average Bonchev–Trinajstić information content (AvgIpc) is 2.16. The van der Waals surface area contributed by atoms with Crippen LogP contribution in [0.3, 0.4) is 0 Å². The van der Waals surface area contributed by atoms with E-state index in [0.29, 0.717) is 22.3 Å². The van der Waals surface area contributed by atoms with Gasteiger partial charge in [0.15, 0.2) is 0 Å². The minimum absolute atomic E-state index is 0.214. The number of aromatic nitrogens is 2. The molecule has 2 rings (SSSR count). The van der Waals surface area contributed by atoms with E-state index < -0.39 is 5.91 Å². The van der Waals surface area contributed by atoms with Crippen LogP contribution in [0, 0.1) is 6.92 Å². The largest absolute Gasteiger partial charge is 0.366 e. The number of fused-ring (bicyclic) bond motifs is 1. The molecule has 3 N–H and O–H groups in total. The molecule has 76 valence electrons. The molecular weight excluding hydrogens is 194 g/mol. The molecule has 0 fully saturated rings. The molecule has 5 heteroatoms. The molecule has 0 atom stereocenters. The van der Waals surface area contributed by atoms with Crippen molar-refractivity contribution in [3.63, 3.8) is 0 Å². The van der Waals surface area contributed by atoms with Gasteiger partial charge in [-0.3, -0.25) is 9.59 Å².